The summed E-state index contributed by atoms with van der Waals surface area (Å²) in [7, 11) is -3.43. The number of sulfone groups is 1. The number of nitrogens with one attached hydrogen (secondary N) is 2. The van der Waals surface area contributed by atoms with E-state index in [1.165, 1.54) is 18.9 Å². The Balaban J connectivity index is 1.14. The van der Waals surface area contributed by atoms with Crippen molar-refractivity contribution in [2.75, 3.05) is 38.0 Å². The van der Waals surface area contributed by atoms with E-state index in [-0.39, 0.29) is 16.9 Å². The number of pyridine rings is 1. The lowest BCUT2D eigenvalue weighted by atomic mass is 9.96. The summed E-state index contributed by atoms with van der Waals surface area (Å²) in [5, 5.41) is 17.8. The van der Waals surface area contributed by atoms with Crippen LogP contribution < -0.4 is 16.2 Å². The molecule has 3 N–H and O–H groups in total. The van der Waals surface area contributed by atoms with Gasteiger partial charge in [0.15, 0.2) is 9.84 Å². The molecule has 6 rings (SSSR count). The maximum absolute atomic E-state index is 13.4. The van der Waals surface area contributed by atoms with Crippen LogP contribution in [0.2, 0.25) is 0 Å². The van der Waals surface area contributed by atoms with Crippen molar-refractivity contribution in [1.29, 1.82) is 0 Å². The van der Waals surface area contributed by atoms with Gasteiger partial charge in [-0.05, 0) is 114 Å². The smallest absolute Gasteiger partial charge is 0.252 e. The third kappa shape index (κ3) is 5.90. The molecule has 0 unspecified atom stereocenters. The van der Waals surface area contributed by atoms with E-state index in [1.54, 1.807) is 48.0 Å². The quantitative estimate of drug-likeness (QED) is 0.386. The second kappa shape index (κ2) is 11.4. The summed E-state index contributed by atoms with van der Waals surface area (Å²) < 4.78 is 28.4. The molecule has 4 heterocycles. The number of anilines is 2. The van der Waals surface area contributed by atoms with Crippen molar-refractivity contribution in [2.45, 2.75) is 73.7 Å². The van der Waals surface area contributed by atoms with Crippen LogP contribution in [0.3, 0.4) is 0 Å². The normalized spacial score (nSPS) is 25.1. The molecule has 41 heavy (non-hydrogen) atoms. The minimum atomic E-state index is -3.43. The first-order chi connectivity index (χ1) is 19.7. The average molecular weight is 581 g/mol. The summed E-state index contributed by atoms with van der Waals surface area (Å²) in [5.41, 5.74) is -0.0755. The topological polar surface area (TPSA) is 129 Å². The van der Waals surface area contributed by atoms with Gasteiger partial charge in [0.25, 0.3) is 5.56 Å². The number of hydrogen-bond donors (Lipinski definition) is 3. The van der Waals surface area contributed by atoms with Crippen LogP contribution in [0.1, 0.15) is 57.9 Å². The summed E-state index contributed by atoms with van der Waals surface area (Å²) in [6.45, 7) is 6.66. The summed E-state index contributed by atoms with van der Waals surface area (Å²) in [6, 6.07) is 9.57. The van der Waals surface area contributed by atoms with Gasteiger partial charge in [-0.25, -0.2) is 13.4 Å². The van der Waals surface area contributed by atoms with Crippen LogP contribution in [0.4, 0.5) is 11.6 Å². The lowest BCUT2D eigenvalue weighted by Crippen LogP contribution is -2.43. The molecule has 11 heteroatoms. The van der Waals surface area contributed by atoms with Crippen molar-refractivity contribution >= 4 is 32.5 Å². The van der Waals surface area contributed by atoms with Crippen LogP contribution >= 0.6 is 0 Å². The molecular weight excluding hydrogens is 540 g/mol. The van der Waals surface area contributed by atoms with Crippen LogP contribution in [-0.2, 0) is 9.84 Å². The highest BCUT2D eigenvalue weighted by atomic mass is 32.2. The lowest BCUT2D eigenvalue weighted by Gasteiger charge is -2.35. The highest BCUT2D eigenvalue weighted by Gasteiger charge is 2.39. The summed E-state index contributed by atoms with van der Waals surface area (Å²) >= 11 is 0. The number of rotatable bonds is 7. The van der Waals surface area contributed by atoms with Gasteiger partial charge in [0, 0.05) is 29.9 Å². The lowest BCUT2D eigenvalue weighted by molar-refractivity contribution is 0.0267. The van der Waals surface area contributed by atoms with Gasteiger partial charge < -0.3 is 20.6 Å². The van der Waals surface area contributed by atoms with E-state index in [1.807, 2.05) is 0 Å². The second-order valence-corrected chi connectivity index (χ2v) is 14.4. The maximum Gasteiger partial charge on any atom is 0.252 e. The van der Waals surface area contributed by atoms with Crippen molar-refractivity contribution in [3.63, 3.8) is 0 Å². The minimum Gasteiger partial charge on any atom is -0.388 e. The largest absolute Gasteiger partial charge is 0.388 e. The number of aliphatic hydroxyl groups is 1. The van der Waals surface area contributed by atoms with E-state index >= 15 is 0 Å². The number of aromatic nitrogens is 3. The van der Waals surface area contributed by atoms with Gasteiger partial charge in [0.1, 0.15) is 5.65 Å². The van der Waals surface area contributed by atoms with Gasteiger partial charge in [-0.15, -0.1) is 0 Å². The highest BCUT2D eigenvalue weighted by Crippen LogP contribution is 2.39. The van der Waals surface area contributed by atoms with Crippen molar-refractivity contribution in [3.05, 3.63) is 52.9 Å². The molecule has 220 valence electrons. The van der Waals surface area contributed by atoms with Gasteiger partial charge in [-0.3, -0.25) is 9.36 Å². The number of nitrogens with zero attached hydrogens (tertiary/aromatic N) is 4. The fourth-order valence-electron chi connectivity index (χ4n) is 6.82. The van der Waals surface area contributed by atoms with E-state index in [2.05, 4.69) is 25.5 Å². The fourth-order valence-corrected chi connectivity index (χ4v) is 8.55. The van der Waals surface area contributed by atoms with Crippen LogP contribution in [-0.4, -0.2) is 76.5 Å². The number of likely N-dealkylation sites (tertiary alicyclic amines) is 1. The predicted molar refractivity (Wildman–Crippen MR) is 159 cm³/mol. The van der Waals surface area contributed by atoms with Crippen molar-refractivity contribution in [2.24, 2.45) is 5.92 Å². The predicted octanol–water partition coefficient (Wildman–Crippen LogP) is 3.25. The zero-order valence-electron chi connectivity index (χ0n) is 23.6. The fraction of sp³-hybridized carbons (Fsp3) is 0.567. The molecular formula is C30H40N6O4S. The van der Waals surface area contributed by atoms with Gasteiger partial charge in [-0.2, -0.15) is 4.98 Å². The zero-order chi connectivity index (χ0) is 28.6. The summed E-state index contributed by atoms with van der Waals surface area (Å²) in [5.74, 6) is 1.01. The highest BCUT2D eigenvalue weighted by molar-refractivity contribution is 7.92. The van der Waals surface area contributed by atoms with Crippen molar-refractivity contribution in [3.8, 4) is 0 Å². The molecule has 3 aliphatic rings. The Labute approximate surface area is 241 Å². The van der Waals surface area contributed by atoms with Gasteiger partial charge in [-0.1, -0.05) is 0 Å². The molecule has 2 aliphatic heterocycles. The van der Waals surface area contributed by atoms with E-state index in [4.69, 9.17) is 0 Å². The van der Waals surface area contributed by atoms with Crippen molar-refractivity contribution < 1.29 is 13.5 Å². The molecule has 0 radical (unpaired) electrons. The molecule has 0 bridgehead atoms. The zero-order valence-corrected chi connectivity index (χ0v) is 24.4. The van der Waals surface area contributed by atoms with Crippen LogP contribution in [0, 0.1) is 5.92 Å². The average Bonchev–Trinajstić information content (AvgIpc) is 3.32. The molecule has 10 nitrogen and oxygen atoms in total. The van der Waals surface area contributed by atoms with Gasteiger partial charge in [0.05, 0.1) is 21.8 Å². The van der Waals surface area contributed by atoms with Crippen molar-refractivity contribution in [1.82, 2.24) is 24.8 Å². The molecule has 3 aromatic rings. The molecule has 0 spiro atoms. The van der Waals surface area contributed by atoms with Gasteiger partial charge in [0.2, 0.25) is 5.95 Å². The Morgan fingerprint density at radius 2 is 1.78 bits per heavy atom. The van der Waals surface area contributed by atoms with E-state index in [0.717, 1.165) is 39.1 Å². The standard InChI is InChI=1S/C30H40N6O4S/c1-30(38)14-2-3-26(30)36-27(37)9-4-22-19-32-29(34-28(22)36)33-23-5-7-24(8-6-23)41(39,40)25-12-17-35(18-13-25)20-21-10-15-31-16-11-21/h4-9,19,21,25-26,31,38H,2-3,10-18,20H2,1H3,(H,32,33,34)/t26-,30-/m1/s1. The summed E-state index contributed by atoms with van der Waals surface area (Å²) in [6.07, 6.45) is 7.54. The van der Waals surface area contributed by atoms with E-state index in [0.29, 0.717) is 59.2 Å². The first-order valence-electron chi connectivity index (χ1n) is 14.9. The van der Waals surface area contributed by atoms with Gasteiger partial charge >= 0.3 is 0 Å². The molecule has 3 fully saturated rings. The molecule has 1 aromatic carbocycles. The molecule has 0 amide bonds. The van der Waals surface area contributed by atoms with Crippen LogP contribution in [0.25, 0.3) is 11.0 Å². The Kier molecular flexibility index (Phi) is 7.88. The third-order valence-electron chi connectivity index (χ3n) is 9.24. The summed E-state index contributed by atoms with van der Waals surface area (Å²) in [4.78, 5) is 24.7. The maximum atomic E-state index is 13.4. The Morgan fingerprint density at radius 1 is 1.05 bits per heavy atom. The minimum absolute atomic E-state index is 0.207. The Hall–Kier alpha value is -2.86. The number of piperidine rings is 2. The number of fused-ring (bicyclic) bond motifs is 1. The number of benzene rings is 1. The van der Waals surface area contributed by atoms with Crippen LogP contribution in [0.15, 0.2) is 52.3 Å². The van der Waals surface area contributed by atoms with Crippen LogP contribution in [0.5, 0.6) is 0 Å². The molecule has 1 aliphatic carbocycles. The second-order valence-electron chi connectivity index (χ2n) is 12.2. The van der Waals surface area contributed by atoms with E-state index in [9.17, 15) is 18.3 Å². The number of hydrogen-bond acceptors (Lipinski definition) is 9. The SMILES string of the molecule is C[C@@]1(O)CCC[C@H]1n1c(=O)ccc2cnc(Nc3ccc(S(=O)(=O)C4CCN(CC5CCNCC5)CC4)cc3)nc21. The first kappa shape index (κ1) is 28.3. The molecule has 1 saturated carbocycles. The van der Waals surface area contributed by atoms with E-state index < -0.39 is 15.4 Å². The monoisotopic (exact) mass is 580 g/mol. The Morgan fingerprint density at radius 3 is 2.46 bits per heavy atom. The third-order valence-corrected chi connectivity index (χ3v) is 11.5. The Bertz CT molecular complexity index is 1540. The molecule has 2 atom stereocenters. The molecule has 2 aromatic heterocycles. The first-order valence-corrected chi connectivity index (χ1v) is 16.4. The molecule has 2 saturated heterocycles.